The minimum atomic E-state index is 0.128. The number of amides is 1. The summed E-state index contributed by atoms with van der Waals surface area (Å²) >= 11 is 0. The molecule has 0 spiro atoms. The zero-order chi connectivity index (χ0) is 14.5. The molecule has 4 nitrogen and oxygen atoms in total. The third kappa shape index (κ3) is 4.05. The number of carbonyl (C=O) groups excluding carboxylic acids is 1. The van der Waals surface area contributed by atoms with E-state index in [4.69, 9.17) is 4.74 Å². The smallest absolute Gasteiger partial charge is 0.220 e. The number of hydrogen-bond acceptors (Lipinski definition) is 3. The van der Waals surface area contributed by atoms with Crippen LogP contribution in [0, 0.1) is 0 Å². The van der Waals surface area contributed by atoms with E-state index in [9.17, 15) is 4.79 Å². The maximum atomic E-state index is 11.9. The van der Waals surface area contributed by atoms with Crippen LogP contribution in [0.5, 0.6) is 0 Å². The SMILES string of the molecule is O=C(CCC1CCCCO1)NCc1ccc2c(c1)CNC2. The predicted molar refractivity (Wildman–Crippen MR) is 81.7 cm³/mol. The average molecular weight is 288 g/mol. The van der Waals surface area contributed by atoms with Crippen LogP contribution in [-0.2, 0) is 29.2 Å². The molecule has 1 saturated heterocycles. The van der Waals surface area contributed by atoms with E-state index in [0.29, 0.717) is 13.0 Å². The van der Waals surface area contributed by atoms with Crippen molar-refractivity contribution in [1.82, 2.24) is 10.6 Å². The molecular formula is C17H24N2O2. The van der Waals surface area contributed by atoms with Gasteiger partial charge in [0.05, 0.1) is 6.10 Å². The Morgan fingerprint density at radius 3 is 3.05 bits per heavy atom. The molecule has 0 bridgehead atoms. The second-order valence-corrected chi connectivity index (χ2v) is 6.01. The van der Waals surface area contributed by atoms with E-state index >= 15 is 0 Å². The van der Waals surface area contributed by atoms with Gasteiger partial charge in [0.25, 0.3) is 0 Å². The van der Waals surface area contributed by atoms with Gasteiger partial charge in [-0.15, -0.1) is 0 Å². The first-order valence-corrected chi connectivity index (χ1v) is 8.01. The summed E-state index contributed by atoms with van der Waals surface area (Å²) in [6.45, 7) is 3.38. The molecule has 4 heteroatoms. The zero-order valence-electron chi connectivity index (χ0n) is 12.5. The number of ether oxygens (including phenoxy) is 1. The molecule has 3 rings (SSSR count). The number of nitrogens with one attached hydrogen (secondary N) is 2. The first-order valence-electron chi connectivity index (χ1n) is 8.01. The fourth-order valence-electron chi connectivity index (χ4n) is 3.07. The van der Waals surface area contributed by atoms with E-state index in [1.807, 2.05) is 0 Å². The normalized spacial score (nSPS) is 21.0. The molecule has 1 unspecified atom stereocenters. The second-order valence-electron chi connectivity index (χ2n) is 6.01. The molecule has 1 atom stereocenters. The van der Waals surface area contributed by atoms with E-state index in [1.165, 1.54) is 23.1 Å². The fraction of sp³-hybridized carbons (Fsp3) is 0.588. The number of rotatable bonds is 5. The van der Waals surface area contributed by atoms with Crippen molar-refractivity contribution in [3.8, 4) is 0 Å². The Labute approximate surface area is 126 Å². The second kappa shape index (κ2) is 7.05. The van der Waals surface area contributed by atoms with Crippen LogP contribution in [-0.4, -0.2) is 18.6 Å². The molecule has 2 heterocycles. The van der Waals surface area contributed by atoms with Crippen molar-refractivity contribution in [1.29, 1.82) is 0 Å². The number of benzene rings is 1. The zero-order valence-corrected chi connectivity index (χ0v) is 12.5. The lowest BCUT2D eigenvalue weighted by molar-refractivity contribution is -0.122. The lowest BCUT2D eigenvalue weighted by atomic mass is 10.0. The molecule has 1 aromatic carbocycles. The number of hydrogen-bond donors (Lipinski definition) is 2. The standard InChI is InChI=1S/C17H24N2O2/c20-17(7-6-16-3-1-2-8-21-16)19-10-13-4-5-14-11-18-12-15(14)9-13/h4-5,9,16,18H,1-3,6-8,10-12H2,(H,19,20). The lowest BCUT2D eigenvalue weighted by Crippen LogP contribution is -2.26. The average Bonchev–Trinajstić information content (AvgIpc) is 2.99. The third-order valence-electron chi connectivity index (χ3n) is 4.36. The summed E-state index contributed by atoms with van der Waals surface area (Å²) in [7, 11) is 0. The Morgan fingerprint density at radius 1 is 1.29 bits per heavy atom. The Bertz CT molecular complexity index is 496. The molecule has 2 aliphatic heterocycles. The molecule has 1 fully saturated rings. The van der Waals surface area contributed by atoms with Gasteiger partial charge in [-0.1, -0.05) is 18.2 Å². The summed E-state index contributed by atoms with van der Waals surface area (Å²) in [6.07, 6.45) is 5.20. The molecule has 0 aliphatic carbocycles. The summed E-state index contributed by atoms with van der Waals surface area (Å²) < 4.78 is 5.65. The van der Waals surface area contributed by atoms with Crippen LogP contribution < -0.4 is 10.6 Å². The summed E-state index contributed by atoms with van der Waals surface area (Å²) in [5.74, 6) is 0.128. The Morgan fingerprint density at radius 2 is 2.19 bits per heavy atom. The van der Waals surface area contributed by atoms with E-state index in [-0.39, 0.29) is 12.0 Å². The lowest BCUT2D eigenvalue weighted by Gasteiger charge is -2.22. The molecule has 0 saturated carbocycles. The highest BCUT2D eigenvalue weighted by atomic mass is 16.5. The van der Waals surface area contributed by atoms with E-state index in [1.54, 1.807) is 0 Å². The largest absolute Gasteiger partial charge is 0.378 e. The van der Waals surface area contributed by atoms with Crippen molar-refractivity contribution in [3.05, 3.63) is 34.9 Å². The van der Waals surface area contributed by atoms with Crippen LogP contribution in [0.2, 0.25) is 0 Å². The van der Waals surface area contributed by atoms with Crippen LogP contribution >= 0.6 is 0 Å². The molecule has 0 aromatic heterocycles. The maximum Gasteiger partial charge on any atom is 0.220 e. The van der Waals surface area contributed by atoms with Crippen molar-refractivity contribution in [2.24, 2.45) is 0 Å². The predicted octanol–water partition coefficient (Wildman–Crippen LogP) is 2.26. The van der Waals surface area contributed by atoms with E-state index in [0.717, 1.165) is 39.0 Å². The van der Waals surface area contributed by atoms with Crippen molar-refractivity contribution in [2.45, 2.75) is 57.8 Å². The topological polar surface area (TPSA) is 50.4 Å². The van der Waals surface area contributed by atoms with Crippen LogP contribution in [0.15, 0.2) is 18.2 Å². The molecule has 2 aliphatic rings. The van der Waals surface area contributed by atoms with Crippen LogP contribution in [0.4, 0.5) is 0 Å². The van der Waals surface area contributed by atoms with Gasteiger partial charge in [0.2, 0.25) is 5.91 Å². The van der Waals surface area contributed by atoms with Gasteiger partial charge in [-0.2, -0.15) is 0 Å². The van der Waals surface area contributed by atoms with Gasteiger partial charge < -0.3 is 15.4 Å². The first-order chi connectivity index (χ1) is 10.3. The summed E-state index contributed by atoms with van der Waals surface area (Å²) in [6, 6.07) is 6.46. The highest BCUT2D eigenvalue weighted by molar-refractivity contribution is 5.75. The molecule has 0 radical (unpaired) electrons. The van der Waals surface area contributed by atoms with Crippen molar-refractivity contribution in [3.63, 3.8) is 0 Å². The van der Waals surface area contributed by atoms with Gasteiger partial charge >= 0.3 is 0 Å². The summed E-state index contributed by atoms with van der Waals surface area (Å²) in [5, 5.41) is 6.35. The number of fused-ring (bicyclic) bond motifs is 1. The monoisotopic (exact) mass is 288 g/mol. The Hall–Kier alpha value is -1.39. The molecule has 114 valence electrons. The van der Waals surface area contributed by atoms with Crippen LogP contribution in [0.1, 0.15) is 48.8 Å². The van der Waals surface area contributed by atoms with Gasteiger partial charge in [-0.05, 0) is 42.4 Å². The quantitative estimate of drug-likeness (QED) is 0.874. The van der Waals surface area contributed by atoms with Crippen molar-refractivity contribution in [2.75, 3.05) is 6.61 Å². The Balaban J connectivity index is 1.41. The molecule has 2 N–H and O–H groups in total. The van der Waals surface area contributed by atoms with Crippen LogP contribution in [0.3, 0.4) is 0 Å². The van der Waals surface area contributed by atoms with E-state index in [2.05, 4.69) is 28.8 Å². The van der Waals surface area contributed by atoms with Gasteiger partial charge in [0, 0.05) is 32.7 Å². The minimum absolute atomic E-state index is 0.128. The molecular weight excluding hydrogens is 264 g/mol. The number of carbonyl (C=O) groups is 1. The minimum Gasteiger partial charge on any atom is -0.378 e. The van der Waals surface area contributed by atoms with Gasteiger partial charge in [-0.25, -0.2) is 0 Å². The maximum absolute atomic E-state index is 11.9. The van der Waals surface area contributed by atoms with E-state index < -0.39 is 0 Å². The molecule has 1 amide bonds. The van der Waals surface area contributed by atoms with Gasteiger partial charge in [-0.3, -0.25) is 4.79 Å². The van der Waals surface area contributed by atoms with Gasteiger partial charge in [0.1, 0.15) is 0 Å². The van der Waals surface area contributed by atoms with Gasteiger partial charge in [0.15, 0.2) is 0 Å². The van der Waals surface area contributed by atoms with Crippen molar-refractivity contribution >= 4 is 5.91 Å². The molecule has 21 heavy (non-hydrogen) atoms. The van der Waals surface area contributed by atoms with Crippen LogP contribution in [0.25, 0.3) is 0 Å². The first kappa shape index (κ1) is 14.5. The highest BCUT2D eigenvalue weighted by Gasteiger charge is 2.15. The van der Waals surface area contributed by atoms with Crippen molar-refractivity contribution < 1.29 is 9.53 Å². The molecule has 1 aromatic rings. The third-order valence-corrected chi connectivity index (χ3v) is 4.36. The summed E-state index contributed by atoms with van der Waals surface area (Å²) in [4.78, 5) is 11.9. The Kier molecular flexibility index (Phi) is 4.88. The summed E-state index contributed by atoms with van der Waals surface area (Å²) in [5.41, 5.74) is 3.91. The highest BCUT2D eigenvalue weighted by Crippen LogP contribution is 2.18. The fourth-order valence-corrected chi connectivity index (χ4v) is 3.07.